The lowest BCUT2D eigenvalue weighted by atomic mass is 9.97. The first kappa shape index (κ1) is 12.1. The Balaban J connectivity index is 2.23. The van der Waals surface area contributed by atoms with Gasteiger partial charge in [-0.1, -0.05) is 6.92 Å². The Morgan fingerprint density at radius 2 is 2.12 bits per heavy atom. The molecule has 0 aromatic carbocycles. The van der Waals surface area contributed by atoms with Crippen LogP contribution in [-0.4, -0.2) is 41.5 Å². The molecule has 2 heterocycles. The summed E-state index contributed by atoms with van der Waals surface area (Å²) >= 11 is 0. The van der Waals surface area contributed by atoms with Gasteiger partial charge in [-0.25, -0.2) is 0 Å². The van der Waals surface area contributed by atoms with Gasteiger partial charge in [0, 0.05) is 31.0 Å². The molecule has 2 aliphatic heterocycles. The average Bonchev–Trinajstić information content (AvgIpc) is 2.73. The number of hydrogen-bond acceptors (Lipinski definition) is 3. The summed E-state index contributed by atoms with van der Waals surface area (Å²) in [6, 6.07) is -0.00231. The van der Waals surface area contributed by atoms with Gasteiger partial charge >= 0.3 is 0 Å². The molecule has 0 spiro atoms. The number of hydrogen-bond donors (Lipinski definition) is 0. The fourth-order valence-electron chi connectivity index (χ4n) is 3.00. The van der Waals surface area contributed by atoms with Crippen molar-refractivity contribution in [3.05, 3.63) is 0 Å². The fourth-order valence-corrected chi connectivity index (χ4v) is 3.00. The molecule has 16 heavy (non-hydrogen) atoms. The number of ketones is 1. The van der Waals surface area contributed by atoms with E-state index in [4.69, 9.17) is 4.74 Å². The van der Waals surface area contributed by atoms with Gasteiger partial charge in [-0.05, 0) is 27.2 Å². The summed E-state index contributed by atoms with van der Waals surface area (Å²) in [6.45, 7) is 10.4. The molecule has 2 fully saturated rings. The number of Topliss-reactive ketones (excluding diaryl/α,β-unsaturated/α-hetero) is 1. The third kappa shape index (κ3) is 1.91. The molecule has 2 rings (SSSR count). The van der Waals surface area contributed by atoms with Crippen LogP contribution in [0.25, 0.3) is 0 Å². The van der Waals surface area contributed by atoms with Crippen LogP contribution in [-0.2, 0) is 9.53 Å². The second-order valence-corrected chi connectivity index (χ2v) is 5.97. The molecule has 3 atom stereocenters. The summed E-state index contributed by atoms with van der Waals surface area (Å²) < 4.78 is 5.78. The first-order valence-electron chi connectivity index (χ1n) is 6.36. The van der Waals surface area contributed by atoms with Gasteiger partial charge in [0.1, 0.15) is 0 Å². The second kappa shape index (κ2) is 4.11. The van der Waals surface area contributed by atoms with Crippen LogP contribution >= 0.6 is 0 Å². The van der Waals surface area contributed by atoms with Crippen LogP contribution in [0.4, 0.5) is 0 Å². The van der Waals surface area contributed by atoms with E-state index < -0.39 is 0 Å². The maximum absolute atomic E-state index is 12.1. The van der Waals surface area contributed by atoms with Crippen molar-refractivity contribution in [3.63, 3.8) is 0 Å². The van der Waals surface area contributed by atoms with Gasteiger partial charge in [-0.2, -0.15) is 0 Å². The van der Waals surface area contributed by atoms with Crippen molar-refractivity contribution in [1.82, 2.24) is 4.90 Å². The van der Waals surface area contributed by atoms with E-state index >= 15 is 0 Å². The Bertz CT molecular complexity index is 282. The average molecular weight is 225 g/mol. The predicted octanol–water partition coefficient (Wildman–Crippen LogP) is 1.85. The first-order valence-corrected chi connectivity index (χ1v) is 6.36. The van der Waals surface area contributed by atoms with Crippen molar-refractivity contribution >= 4 is 5.78 Å². The van der Waals surface area contributed by atoms with E-state index in [9.17, 15) is 4.79 Å². The summed E-state index contributed by atoms with van der Waals surface area (Å²) in [5, 5.41) is 0. The van der Waals surface area contributed by atoms with Crippen LogP contribution in [0.2, 0.25) is 0 Å². The van der Waals surface area contributed by atoms with Gasteiger partial charge < -0.3 is 4.74 Å². The summed E-state index contributed by atoms with van der Waals surface area (Å²) in [7, 11) is 0. The maximum atomic E-state index is 12.1. The Labute approximate surface area is 98.1 Å². The number of carbonyl (C=O) groups is 1. The van der Waals surface area contributed by atoms with Crippen LogP contribution in [0.3, 0.4) is 0 Å². The number of likely N-dealkylation sites (tertiary alicyclic amines) is 1. The normalized spacial score (nSPS) is 35.4. The van der Waals surface area contributed by atoms with Crippen LogP contribution in [0.1, 0.15) is 40.5 Å². The van der Waals surface area contributed by atoms with E-state index in [0.29, 0.717) is 18.1 Å². The van der Waals surface area contributed by atoms with Gasteiger partial charge in [-0.15, -0.1) is 0 Å². The largest absolute Gasteiger partial charge is 0.376 e. The van der Waals surface area contributed by atoms with E-state index in [0.717, 1.165) is 19.6 Å². The number of rotatable bonds is 2. The monoisotopic (exact) mass is 225 g/mol. The lowest BCUT2D eigenvalue weighted by Gasteiger charge is -2.37. The molecule has 0 bridgehead atoms. The molecule has 0 N–H and O–H groups in total. The van der Waals surface area contributed by atoms with Crippen LogP contribution < -0.4 is 0 Å². The van der Waals surface area contributed by atoms with Crippen LogP contribution in [0, 0.1) is 5.92 Å². The minimum atomic E-state index is -0.00231. The summed E-state index contributed by atoms with van der Waals surface area (Å²) in [5.74, 6) is 0.907. The molecule has 0 aliphatic carbocycles. The minimum absolute atomic E-state index is 0.00231. The third-order valence-electron chi connectivity index (χ3n) is 3.88. The highest BCUT2D eigenvalue weighted by molar-refractivity contribution is 5.85. The Morgan fingerprint density at radius 3 is 2.69 bits per heavy atom. The molecule has 3 nitrogen and oxygen atoms in total. The van der Waals surface area contributed by atoms with E-state index in [1.165, 1.54) is 0 Å². The standard InChI is InChI=1S/C13H23NO2/c1-5-10(15)11-12-9(6-7-16-12)8-14(11)13(2,3)4/h9,11-12H,5-8H2,1-4H3. The lowest BCUT2D eigenvalue weighted by Crippen LogP contribution is -2.51. The summed E-state index contributed by atoms with van der Waals surface area (Å²) in [6.07, 6.45) is 1.89. The first-order chi connectivity index (χ1) is 7.45. The third-order valence-corrected chi connectivity index (χ3v) is 3.88. The number of fused-ring (bicyclic) bond motifs is 1. The molecule has 0 aromatic heterocycles. The van der Waals surface area contributed by atoms with Crippen LogP contribution in [0.5, 0.6) is 0 Å². The summed E-state index contributed by atoms with van der Waals surface area (Å²) in [5.41, 5.74) is 0.0587. The number of nitrogens with zero attached hydrogens (tertiary/aromatic N) is 1. The number of carbonyl (C=O) groups excluding carboxylic acids is 1. The van der Waals surface area contributed by atoms with Gasteiger partial charge in [0.15, 0.2) is 5.78 Å². The van der Waals surface area contributed by atoms with E-state index in [-0.39, 0.29) is 17.7 Å². The zero-order valence-electron chi connectivity index (χ0n) is 10.8. The SMILES string of the molecule is CCC(=O)C1C2OCCC2CN1C(C)(C)C. The molecule has 3 heteroatoms. The second-order valence-electron chi connectivity index (χ2n) is 5.97. The van der Waals surface area contributed by atoms with Crippen molar-refractivity contribution in [2.45, 2.75) is 58.2 Å². The molecule has 2 saturated heterocycles. The van der Waals surface area contributed by atoms with Gasteiger partial charge in [0.05, 0.1) is 12.1 Å². The van der Waals surface area contributed by atoms with Crippen molar-refractivity contribution in [2.24, 2.45) is 5.92 Å². The molecule has 0 aromatic rings. The highest BCUT2D eigenvalue weighted by Crippen LogP contribution is 2.38. The molecular formula is C13H23NO2. The smallest absolute Gasteiger partial charge is 0.152 e. The molecule has 0 amide bonds. The van der Waals surface area contributed by atoms with Gasteiger partial charge in [-0.3, -0.25) is 9.69 Å². The lowest BCUT2D eigenvalue weighted by molar-refractivity contribution is -0.128. The zero-order chi connectivity index (χ0) is 11.9. The Kier molecular flexibility index (Phi) is 3.10. The van der Waals surface area contributed by atoms with Crippen molar-refractivity contribution in [1.29, 1.82) is 0 Å². The fraction of sp³-hybridized carbons (Fsp3) is 0.923. The predicted molar refractivity (Wildman–Crippen MR) is 63.4 cm³/mol. The number of ether oxygens (including phenoxy) is 1. The molecule has 3 unspecified atom stereocenters. The topological polar surface area (TPSA) is 29.5 Å². The van der Waals surface area contributed by atoms with Crippen LogP contribution in [0.15, 0.2) is 0 Å². The van der Waals surface area contributed by atoms with Crippen molar-refractivity contribution < 1.29 is 9.53 Å². The summed E-state index contributed by atoms with van der Waals surface area (Å²) in [4.78, 5) is 14.4. The van der Waals surface area contributed by atoms with Crippen molar-refractivity contribution in [3.8, 4) is 0 Å². The van der Waals surface area contributed by atoms with Gasteiger partial charge in [0.2, 0.25) is 0 Å². The molecule has 92 valence electrons. The Hall–Kier alpha value is -0.410. The van der Waals surface area contributed by atoms with Crippen molar-refractivity contribution in [2.75, 3.05) is 13.2 Å². The van der Waals surface area contributed by atoms with E-state index in [2.05, 4.69) is 25.7 Å². The Morgan fingerprint density at radius 1 is 1.44 bits per heavy atom. The highest BCUT2D eigenvalue weighted by Gasteiger charge is 2.50. The zero-order valence-corrected chi connectivity index (χ0v) is 10.8. The van der Waals surface area contributed by atoms with E-state index in [1.807, 2.05) is 6.92 Å². The molecule has 2 aliphatic rings. The maximum Gasteiger partial charge on any atom is 0.152 e. The van der Waals surface area contributed by atoms with E-state index in [1.54, 1.807) is 0 Å². The quantitative estimate of drug-likeness (QED) is 0.718. The molecule has 0 saturated carbocycles. The van der Waals surface area contributed by atoms with Gasteiger partial charge in [0.25, 0.3) is 0 Å². The molecule has 0 radical (unpaired) electrons. The highest BCUT2D eigenvalue weighted by atomic mass is 16.5. The minimum Gasteiger partial charge on any atom is -0.376 e. The molecular weight excluding hydrogens is 202 g/mol.